The van der Waals surface area contributed by atoms with Gasteiger partial charge in [-0.2, -0.15) is 12.6 Å². The van der Waals surface area contributed by atoms with Gasteiger partial charge in [-0.05, 0) is 6.42 Å². The van der Waals surface area contributed by atoms with E-state index in [1.807, 2.05) is 12.5 Å². The van der Waals surface area contributed by atoms with Gasteiger partial charge in [-0.1, -0.05) is 6.92 Å². The van der Waals surface area contributed by atoms with Crippen LogP contribution in [0.1, 0.15) is 19.0 Å². The Kier molecular flexibility index (Phi) is 2.81. The smallest absolute Gasteiger partial charge is 0.0948 e. The molecule has 0 radical (unpaired) electrons. The Labute approximate surface area is 66.7 Å². The molecule has 0 aliphatic rings. The highest BCUT2D eigenvalue weighted by Gasteiger charge is 1.96. The summed E-state index contributed by atoms with van der Waals surface area (Å²) in [7, 11) is 0. The van der Waals surface area contributed by atoms with Crippen LogP contribution in [0.4, 0.5) is 0 Å². The molecule has 1 heterocycles. The number of hydrogen-bond donors (Lipinski definition) is 1. The molecule has 0 unspecified atom stereocenters. The lowest BCUT2D eigenvalue weighted by molar-refractivity contribution is 0.660. The Morgan fingerprint density at radius 1 is 1.70 bits per heavy atom. The fraction of sp³-hybridized carbons (Fsp3) is 0.571. The van der Waals surface area contributed by atoms with E-state index >= 15 is 0 Å². The topological polar surface area (TPSA) is 17.8 Å². The zero-order valence-electron chi connectivity index (χ0n) is 6.12. The Morgan fingerprint density at radius 3 is 3.10 bits per heavy atom. The summed E-state index contributed by atoms with van der Waals surface area (Å²) in [6, 6.07) is 0. The zero-order valence-corrected chi connectivity index (χ0v) is 7.01. The summed E-state index contributed by atoms with van der Waals surface area (Å²) in [5.41, 5.74) is 1.20. The second-order valence-electron chi connectivity index (χ2n) is 2.24. The largest absolute Gasteiger partial charge is 0.334 e. The van der Waals surface area contributed by atoms with Gasteiger partial charge in [-0.3, -0.25) is 0 Å². The summed E-state index contributed by atoms with van der Waals surface area (Å²) < 4.78 is 2.13. The molecule has 0 bridgehead atoms. The number of hydrogen-bond acceptors (Lipinski definition) is 2. The average molecular weight is 156 g/mol. The molecule has 0 fully saturated rings. The van der Waals surface area contributed by atoms with Crippen molar-refractivity contribution in [2.24, 2.45) is 0 Å². The van der Waals surface area contributed by atoms with Crippen LogP contribution in [0, 0.1) is 0 Å². The van der Waals surface area contributed by atoms with E-state index in [0.717, 1.165) is 18.7 Å². The fourth-order valence-corrected chi connectivity index (χ4v) is 1.19. The maximum Gasteiger partial charge on any atom is 0.0948 e. The molecule has 3 heteroatoms. The van der Waals surface area contributed by atoms with Gasteiger partial charge >= 0.3 is 0 Å². The van der Waals surface area contributed by atoms with Crippen LogP contribution in [-0.2, 0) is 12.3 Å². The minimum atomic E-state index is 0.778. The highest BCUT2D eigenvalue weighted by Crippen LogP contribution is 2.02. The number of rotatable bonds is 3. The van der Waals surface area contributed by atoms with Gasteiger partial charge in [-0.15, -0.1) is 0 Å². The van der Waals surface area contributed by atoms with Crippen LogP contribution < -0.4 is 0 Å². The van der Waals surface area contributed by atoms with Crippen molar-refractivity contribution in [2.45, 2.75) is 25.6 Å². The molecule has 1 aromatic rings. The lowest BCUT2D eigenvalue weighted by atomic mass is 10.4. The Morgan fingerprint density at radius 2 is 2.50 bits per heavy atom. The van der Waals surface area contributed by atoms with Gasteiger partial charge < -0.3 is 4.57 Å². The summed E-state index contributed by atoms with van der Waals surface area (Å²) in [4.78, 5) is 4.03. The van der Waals surface area contributed by atoms with Gasteiger partial charge in [0.25, 0.3) is 0 Å². The highest BCUT2D eigenvalue weighted by atomic mass is 32.1. The zero-order chi connectivity index (χ0) is 7.40. The summed E-state index contributed by atoms with van der Waals surface area (Å²) >= 11 is 4.18. The Balaban J connectivity index is 2.70. The van der Waals surface area contributed by atoms with E-state index < -0.39 is 0 Å². The van der Waals surface area contributed by atoms with Crippen molar-refractivity contribution in [1.82, 2.24) is 9.55 Å². The molecule has 1 aromatic heterocycles. The molecule has 10 heavy (non-hydrogen) atoms. The second kappa shape index (κ2) is 3.66. The normalized spacial score (nSPS) is 10.2. The predicted molar refractivity (Wildman–Crippen MR) is 45.2 cm³/mol. The summed E-state index contributed by atoms with van der Waals surface area (Å²) in [5, 5.41) is 0. The van der Waals surface area contributed by atoms with Crippen molar-refractivity contribution < 1.29 is 0 Å². The fourth-order valence-electron chi connectivity index (χ4n) is 0.922. The maximum atomic E-state index is 4.18. The first-order valence-corrected chi connectivity index (χ1v) is 4.11. The van der Waals surface area contributed by atoms with Crippen molar-refractivity contribution in [3.05, 3.63) is 18.2 Å². The molecule has 0 saturated heterocycles. The SMILES string of the molecule is CCCn1cncc1CS. The Hall–Kier alpha value is -0.440. The van der Waals surface area contributed by atoms with Crippen LogP contribution in [0.25, 0.3) is 0 Å². The number of aromatic nitrogens is 2. The quantitative estimate of drug-likeness (QED) is 0.660. The van der Waals surface area contributed by atoms with E-state index in [9.17, 15) is 0 Å². The molecule has 0 aliphatic heterocycles. The van der Waals surface area contributed by atoms with Crippen molar-refractivity contribution in [3.63, 3.8) is 0 Å². The number of imidazole rings is 1. The van der Waals surface area contributed by atoms with Crippen molar-refractivity contribution in [3.8, 4) is 0 Å². The minimum absolute atomic E-state index is 0.778. The monoisotopic (exact) mass is 156 g/mol. The predicted octanol–water partition coefficient (Wildman–Crippen LogP) is 1.72. The first kappa shape index (κ1) is 7.66. The summed E-state index contributed by atoms with van der Waals surface area (Å²) in [6.07, 6.45) is 4.87. The third-order valence-electron chi connectivity index (χ3n) is 1.43. The molecular formula is C7H12N2S. The number of nitrogens with zero attached hydrogens (tertiary/aromatic N) is 2. The molecule has 0 aliphatic carbocycles. The van der Waals surface area contributed by atoms with Crippen LogP contribution >= 0.6 is 12.6 Å². The van der Waals surface area contributed by atoms with Gasteiger partial charge in [0.1, 0.15) is 0 Å². The Bertz CT molecular complexity index is 195. The average Bonchev–Trinajstić information content (AvgIpc) is 2.36. The third-order valence-corrected chi connectivity index (χ3v) is 1.75. The molecule has 0 saturated carbocycles. The number of aryl methyl sites for hydroxylation is 1. The van der Waals surface area contributed by atoms with Crippen LogP contribution in [0.3, 0.4) is 0 Å². The van der Waals surface area contributed by atoms with E-state index in [1.165, 1.54) is 5.69 Å². The molecule has 2 nitrogen and oxygen atoms in total. The molecule has 0 N–H and O–H groups in total. The molecular weight excluding hydrogens is 144 g/mol. The lowest BCUT2D eigenvalue weighted by Gasteiger charge is -2.01. The third kappa shape index (κ3) is 1.53. The summed E-state index contributed by atoms with van der Waals surface area (Å²) in [5.74, 6) is 0.778. The van der Waals surface area contributed by atoms with Gasteiger partial charge in [0.05, 0.1) is 6.33 Å². The molecule has 0 amide bonds. The van der Waals surface area contributed by atoms with Gasteiger partial charge in [0.15, 0.2) is 0 Å². The van der Waals surface area contributed by atoms with E-state index in [0.29, 0.717) is 0 Å². The standard InChI is InChI=1S/C7H12N2S/c1-2-3-9-6-8-4-7(9)5-10/h4,6,10H,2-3,5H2,1H3. The molecule has 0 aromatic carbocycles. The first-order chi connectivity index (χ1) is 4.88. The molecule has 0 atom stereocenters. The van der Waals surface area contributed by atoms with Crippen LogP contribution in [0.5, 0.6) is 0 Å². The van der Waals surface area contributed by atoms with Crippen molar-refractivity contribution in [1.29, 1.82) is 0 Å². The summed E-state index contributed by atoms with van der Waals surface area (Å²) in [6.45, 7) is 3.21. The van der Waals surface area contributed by atoms with Gasteiger partial charge in [-0.25, -0.2) is 4.98 Å². The van der Waals surface area contributed by atoms with Crippen LogP contribution in [0.15, 0.2) is 12.5 Å². The molecule has 0 spiro atoms. The van der Waals surface area contributed by atoms with E-state index in [-0.39, 0.29) is 0 Å². The van der Waals surface area contributed by atoms with Crippen LogP contribution in [-0.4, -0.2) is 9.55 Å². The molecule has 1 rings (SSSR count). The number of thiol groups is 1. The van der Waals surface area contributed by atoms with Crippen LogP contribution in [0.2, 0.25) is 0 Å². The minimum Gasteiger partial charge on any atom is -0.334 e. The maximum absolute atomic E-state index is 4.18. The first-order valence-electron chi connectivity index (χ1n) is 3.48. The van der Waals surface area contributed by atoms with E-state index in [1.54, 1.807) is 0 Å². The van der Waals surface area contributed by atoms with Gasteiger partial charge in [0, 0.05) is 24.2 Å². The van der Waals surface area contributed by atoms with E-state index in [2.05, 4.69) is 29.1 Å². The second-order valence-corrected chi connectivity index (χ2v) is 2.55. The highest BCUT2D eigenvalue weighted by molar-refractivity contribution is 7.79. The van der Waals surface area contributed by atoms with Gasteiger partial charge in [0.2, 0.25) is 0 Å². The van der Waals surface area contributed by atoms with E-state index in [4.69, 9.17) is 0 Å². The van der Waals surface area contributed by atoms with Crippen molar-refractivity contribution in [2.75, 3.05) is 0 Å². The lowest BCUT2D eigenvalue weighted by Crippen LogP contribution is -1.98. The molecule has 56 valence electrons. The van der Waals surface area contributed by atoms with Crippen molar-refractivity contribution >= 4 is 12.6 Å².